The number of nitrogens with zero attached hydrogens (tertiary/aromatic N) is 1. The van der Waals surface area contributed by atoms with Gasteiger partial charge in [-0.1, -0.05) is 65.0 Å². The number of carbonyl (C=O) groups is 1. The van der Waals surface area contributed by atoms with E-state index in [0.717, 1.165) is 38.0 Å². The smallest absolute Gasteiger partial charge is 0.335 e. The predicted molar refractivity (Wildman–Crippen MR) is 203 cm³/mol. The first-order chi connectivity index (χ1) is 23.7. The van der Waals surface area contributed by atoms with Gasteiger partial charge >= 0.3 is 5.97 Å². The lowest BCUT2D eigenvalue weighted by molar-refractivity contribution is -0.219. The summed E-state index contributed by atoms with van der Waals surface area (Å²) in [7, 11) is 0. The van der Waals surface area contributed by atoms with Crippen molar-refractivity contribution in [1.82, 2.24) is 10.2 Å². The molecule has 0 radical (unpaired) electrons. The second kappa shape index (κ2) is 12.0. The van der Waals surface area contributed by atoms with Crippen molar-refractivity contribution in [2.24, 2.45) is 56.7 Å². The molecule has 1 spiro atoms. The number of fused-ring (bicyclic) bond motifs is 7. The number of rotatable bonds is 7. The molecule has 5 heteroatoms. The highest BCUT2D eigenvalue weighted by Gasteiger charge is 2.70. The molecule has 2 heterocycles. The zero-order valence-corrected chi connectivity index (χ0v) is 32.2. The van der Waals surface area contributed by atoms with Crippen LogP contribution >= 0.6 is 0 Å². The third kappa shape index (κ3) is 5.05. The van der Waals surface area contributed by atoms with Crippen molar-refractivity contribution in [3.05, 3.63) is 53.6 Å². The van der Waals surface area contributed by atoms with E-state index >= 15 is 0 Å². The number of hydrogen-bond acceptors (Lipinski definition) is 4. The Morgan fingerprint density at radius 2 is 1.62 bits per heavy atom. The van der Waals surface area contributed by atoms with Crippen molar-refractivity contribution < 1.29 is 14.6 Å². The van der Waals surface area contributed by atoms with E-state index in [4.69, 9.17) is 4.74 Å². The molecule has 4 saturated carbocycles. The lowest BCUT2D eigenvalue weighted by Crippen LogP contribution is -2.68. The minimum Gasteiger partial charge on any atom is -0.478 e. The van der Waals surface area contributed by atoms with Crippen molar-refractivity contribution in [2.45, 2.75) is 118 Å². The van der Waals surface area contributed by atoms with Crippen LogP contribution in [0.5, 0.6) is 0 Å². The fraction of sp³-hybridized carbons (Fsp3) is 0.756. The second-order valence-corrected chi connectivity index (χ2v) is 20.0. The van der Waals surface area contributed by atoms with Crippen LogP contribution in [0.4, 0.5) is 0 Å². The lowest BCUT2D eigenvalue weighted by Gasteiger charge is -2.72. The summed E-state index contributed by atoms with van der Waals surface area (Å²) in [6.45, 7) is 26.9. The molecule has 0 aromatic heterocycles. The van der Waals surface area contributed by atoms with Crippen LogP contribution in [0.25, 0.3) is 5.57 Å². The number of carboxylic acid groups (broad SMARTS) is 1. The number of hydrogen-bond donors (Lipinski definition) is 2. The van der Waals surface area contributed by atoms with E-state index in [-0.39, 0.29) is 16.4 Å². The van der Waals surface area contributed by atoms with Crippen molar-refractivity contribution in [2.75, 3.05) is 39.4 Å². The number of ether oxygens (including phenoxy) is 1. The molecule has 1 aromatic carbocycles. The van der Waals surface area contributed by atoms with E-state index in [0.29, 0.717) is 39.6 Å². The largest absolute Gasteiger partial charge is 0.478 e. The monoisotopic (exact) mass is 683 g/mol. The average Bonchev–Trinajstić information content (AvgIpc) is 3.45. The SMILES string of the molecule is C=C(C)C1CCC2(NCCN3CCC4(CC3)COC4)CCC3(C)C(CCC4C5(C)CC=C(c6ccc(C(=O)O)cc6)C(C)(C)C5CCC43C)C12. The molecule has 274 valence electrons. The predicted octanol–water partition coefficient (Wildman–Crippen LogP) is 9.49. The van der Waals surface area contributed by atoms with Crippen LogP contribution in [-0.2, 0) is 4.74 Å². The van der Waals surface area contributed by atoms with Crippen LogP contribution in [0.3, 0.4) is 0 Å². The van der Waals surface area contributed by atoms with Crippen molar-refractivity contribution in [1.29, 1.82) is 0 Å². The lowest BCUT2D eigenvalue weighted by atomic mass is 9.33. The molecule has 5 nitrogen and oxygen atoms in total. The number of nitrogens with one attached hydrogen (secondary N) is 1. The first-order valence-electron chi connectivity index (χ1n) is 20.4. The molecule has 2 aliphatic heterocycles. The highest BCUT2D eigenvalue weighted by atomic mass is 16.5. The summed E-state index contributed by atoms with van der Waals surface area (Å²) in [6, 6.07) is 7.67. The Morgan fingerprint density at radius 3 is 2.26 bits per heavy atom. The highest BCUT2D eigenvalue weighted by Crippen LogP contribution is 2.76. The van der Waals surface area contributed by atoms with Gasteiger partial charge in [0.1, 0.15) is 0 Å². The molecule has 2 N–H and O–H groups in total. The summed E-state index contributed by atoms with van der Waals surface area (Å²) in [4.78, 5) is 14.3. The molecular formula is C45H66N2O3. The summed E-state index contributed by atoms with van der Waals surface area (Å²) in [6.07, 6.45) is 16.9. The number of piperidine rings is 1. The van der Waals surface area contributed by atoms with Crippen molar-refractivity contribution >= 4 is 11.5 Å². The van der Waals surface area contributed by atoms with Gasteiger partial charge in [0.15, 0.2) is 0 Å². The van der Waals surface area contributed by atoms with E-state index in [1.54, 1.807) is 12.1 Å². The van der Waals surface area contributed by atoms with E-state index in [2.05, 4.69) is 64.4 Å². The fourth-order valence-corrected chi connectivity index (χ4v) is 14.7. The van der Waals surface area contributed by atoms with Gasteiger partial charge in [-0.2, -0.15) is 0 Å². The Labute approximate surface area is 303 Å². The Hall–Kier alpha value is -1.95. The number of carboxylic acids is 1. The third-order valence-corrected chi connectivity index (χ3v) is 17.7. The second-order valence-electron chi connectivity index (χ2n) is 20.0. The minimum absolute atomic E-state index is 0.0412. The Kier molecular flexibility index (Phi) is 8.45. The van der Waals surface area contributed by atoms with E-state index in [1.807, 2.05) is 12.1 Å². The quantitative estimate of drug-likeness (QED) is 0.281. The first kappa shape index (κ1) is 35.1. The molecule has 0 bridgehead atoms. The number of benzene rings is 1. The molecule has 6 fully saturated rings. The van der Waals surface area contributed by atoms with E-state index in [1.165, 1.54) is 101 Å². The maximum atomic E-state index is 11.6. The van der Waals surface area contributed by atoms with Gasteiger partial charge in [0, 0.05) is 24.0 Å². The zero-order valence-electron chi connectivity index (χ0n) is 32.2. The Morgan fingerprint density at radius 1 is 0.900 bits per heavy atom. The molecule has 7 aliphatic rings. The summed E-state index contributed by atoms with van der Waals surface area (Å²) >= 11 is 0. The maximum Gasteiger partial charge on any atom is 0.335 e. The van der Waals surface area contributed by atoms with Crippen LogP contribution in [0.15, 0.2) is 42.5 Å². The molecule has 5 aliphatic carbocycles. The van der Waals surface area contributed by atoms with Crippen LogP contribution in [0, 0.1) is 56.7 Å². The summed E-state index contributed by atoms with van der Waals surface area (Å²) < 4.78 is 5.59. The van der Waals surface area contributed by atoms with Gasteiger partial charge < -0.3 is 20.1 Å². The number of aromatic carboxylic acids is 1. The van der Waals surface area contributed by atoms with Crippen LogP contribution in [0.2, 0.25) is 0 Å². The van der Waals surface area contributed by atoms with Gasteiger partial charge in [-0.15, -0.1) is 0 Å². The standard InChI is InChI=1S/C45H66N2O3/c1-30(2)33-14-19-45(46-24-27-47-25-22-44(23-26-47)28-50-29-44)21-20-42(6)35(38(33)45)12-13-37-41(5)17-15-34(31-8-10-32(11-9-31)39(48)49)40(3,4)36(41)16-18-43(37,42)7/h8-11,15,33,35-38,46H,1,12-14,16-29H2,2-7H3,(H,48,49). The van der Waals surface area contributed by atoms with E-state index < -0.39 is 5.97 Å². The van der Waals surface area contributed by atoms with E-state index in [9.17, 15) is 9.90 Å². The van der Waals surface area contributed by atoms with Gasteiger partial charge in [0.2, 0.25) is 0 Å². The normalized spacial score (nSPS) is 43.1. The minimum atomic E-state index is -0.852. The highest BCUT2D eigenvalue weighted by molar-refractivity contribution is 5.88. The number of likely N-dealkylation sites (tertiary alicyclic amines) is 1. The summed E-state index contributed by atoms with van der Waals surface area (Å²) in [5, 5.41) is 13.9. The summed E-state index contributed by atoms with van der Waals surface area (Å²) in [5.41, 5.74) is 6.17. The number of allylic oxidation sites excluding steroid dienone is 3. The molecule has 1 aromatic rings. The fourth-order valence-electron chi connectivity index (χ4n) is 14.7. The topological polar surface area (TPSA) is 61.8 Å². The van der Waals surface area contributed by atoms with Crippen molar-refractivity contribution in [3.63, 3.8) is 0 Å². The van der Waals surface area contributed by atoms with Gasteiger partial charge in [-0.05, 0) is 165 Å². The molecule has 9 atom stereocenters. The van der Waals surface area contributed by atoms with Gasteiger partial charge in [-0.25, -0.2) is 4.79 Å². The maximum absolute atomic E-state index is 11.6. The molecule has 2 saturated heterocycles. The third-order valence-electron chi connectivity index (χ3n) is 17.7. The Balaban J connectivity index is 1.03. The van der Waals surface area contributed by atoms with Crippen molar-refractivity contribution in [3.8, 4) is 0 Å². The first-order valence-corrected chi connectivity index (χ1v) is 20.4. The van der Waals surface area contributed by atoms with Gasteiger partial charge in [0.25, 0.3) is 0 Å². The van der Waals surface area contributed by atoms with Gasteiger partial charge in [0.05, 0.1) is 18.8 Å². The molecule has 0 amide bonds. The zero-order chi connectivity index (χ0) is 35.3. The van der Waals surface area contributed by atoms with Crippen LogP contribution in [-0.4, -0.2) is 60.9 Å². The van der Waals surface area contributed by atoms with Gasteiger partial charge in [-0.3, -0.25) is 0 Å². The Bertz CT molecular complexity index is 1530. The van der Waals surface area contributed by atoms with Crippen LogP contribution < -0.4 is 5.32 Å². The molecule has 50 heavy (non-hydrogen) atoms. The molecule has 9 unspecified atom stereocenters. The molecular weight excluding hydrogens is 617 g/mol. The average molecular weight is 683 g/mol. The van der Waals surface area contributed by atoms with Crippen LogP contribution in [0.1, 0.15) is 128 Å². The molecule has 8 rings (SSSR count). The summed E-state index contributed by atoms with van der Waals surface area (Å²) in [5.74, 6) is 2.57.